The van der Waals surface area contributed by atoms with Gasteiger partial charge in [0.25, 0.3) is 17.5 Å². The van der Waals surface area contributed by atoms with Gasteiger partial charge in [-0.2, -0.15) is 0 Å². The van der Waals surface area contributed by atoms with E-state index in [-0.39, 0.29) is 17.0 Å². The third-order valence-electron chi connectivity index (χ3n) is 5.37. The number of non-ortho nitro benzene ring substituents is 1. The van der Waals surface area contributed by atoms with Crippen LogP contribution >= 0.6 is 0 Å². The quantitative estimate of drug-likeness (QED) is 0.337. The number of imide groups is 1. The number of hydrogen-bond donors (Lipinski definition) is 0. The maximum atomic E-state index is 13.6. The molecule has 7 nitrogen and oxygen atoms in total. The molecule has 1 aliphatic rings. The molecule has 0 bridgehead atoms. The van der Waals surface area contributed by atoms with Crippen molar-refractivity contribution < 1.29 is 14.5 Å². The first-order chi connectivity index (χ1) is 15.3. The monoisotopic (exact) mass is 427 g/mol. The van der Waals surface area contributed by atoms with Gasteiger partial charge in [-0.15, -0.1) is 0 Å². The summed E-state index contributed by atoms with van der Waals surface area (Å²) >= 11 is 0. The molecule has 0 N–H and O–H groups in total. The van der Waals surface area contributed by atoms with Crippen molar-refractivity contribution in [2.75, 3.05) is 16.8 Å². The Morgan fingerprint density at radius 1 is 0.844 bits per heavy atom. The van der Waals surface area contributed by atoms with E-state index >= 15 is 0 Å². The van der Waals surface area contributed by atoms with E-state index in [0.29, 0.717) is 11.3 Å². The second kappa shape index (κ2) is 8.11. The van der Waals surface area contributed by atoms with Crippen molar-refractivity contribution in [3.8, 4) is 0 Å². The smallest absolute Gasteiger partial charge is 0.282 e. The Bertz CT molecular complexity index is 1240. The summed E-state index contributed by atoms with van der Waals surface area (Å²) in [7, 11) is 1.73. The largest absolute Gasteiger partial charge is 0.339 e. The number of anilines is 2. The fraction of sp³-hybridized carbons (Fsp3) is 0.120. The van der Waals surface area contributed by atoms with E-state index in [4.69, 9.17) is 0 Å². The molecule has 7 heteroatoms. The molecule has 1 aliphatic heterocycles. The molecule has 0 aliphatic carbocycles. The van der Waals surface area contributed by atoms with Gasteiger partial charge in [0, 0.05) is 24.9 Å². The number of benzene rings is 3. The van der Waals surface area contributed by atoms with Gasteiger partial charge in [0.2, 0.25) is 0 Å². The third kappa shape index (κ3) is 3.65. The first-order valence-electron chi connectivity index (χ1n) is 10.0. The molecule has 2 amide bonds. The molecule has 160 valence electrons. The number of nitro groups is 1. The lowest BCUT2D eigenvalue weighted by atomic mass is 10.0. The Kier molecular flexibility index (Phi) is 5.32. The van der Waals surface area contributed by atoms with Gasteiger partial charge in [-0.3, -0.25) is 19.7 Å². The van der Waals surface area contributed by atoms with Gasteiger partial charge in [0.1, 0.15) is 5.70 Å². The highest BCUT2D eigenvalue weighted by atomic mass is 16.6. The van der Waals surface area contributed by atoms with Gasteiger partial charge in [-0.25, -0.2) is 4.90 Å². The number of para-hydroxylation sites is 1. The van der Waals surface area contributed by atoms with E-state index in [1.165, 1.54) is 29.2 Å². The number of likely N-dealkylation sites (N-methyl/N-ethyl adjacent to an activating group) is 1. The Hall–Kier alpha value is -4.26. The predicted octanol–water partition coefficient (Wildman–Crippen LogP) is 4.63. The minimum absolute atomic E-state index is 0.0877. The summed E-state index contributed by atoms with van der Waals surface area (Å²) < 4.78 is 0. The van der Waals surface area contributed by atoms with Crippen LogP contribution in [0.2, 0.25) is 0 Å². The SMILES string of the molecule is Cc1cc(C)cc(N2C(=O)C(c3ccc([N+](=O)[O-])cc3)=C(N(C)c3ccccc3)C2=O)c1. The second-order valence-electron chi connectivity index (χ2n) is 7.71. The number of nitro benzene ring substituents is 1. The van der Waals surface area contributed by atoms with Gasteiger partial charge < -0.3 is 4.90 Å². The normalized spacial score (nSPS) is 13.7. The molecule has 32 heavy (non-hydrogen) atoms. The van der Waals surface area contributed by atoms with Crippen molar-refractivity contribution in [3.63, 3.8) is 0 Å². The number of carbonyl (C=O) groups is 2. The zero-order valence-corrected chi connectivity index (χ0v) is 17.9. The second-order valence-corrected chi connectivity index (χ2v) is 7.71. The van der Waals surface area contributed by atoms with Crippen LogP contribution in [-0.4, -0.2) is 23.8 Å². The lowest BCUT2D eigenvalue weighted by Crippen LogP contribution is -2.34. The fourth-order valence-corrected chi connectivity index (χ4v) is 3.93. The minimum atomic E-state index is -0.501. The molecule has 0 aromatic heterocycles. The molecule has 0 radical (unpaired) electrons. The molecule has 0 fully saturated rings. The lowest BCUT2D eigenvalue weighted by Gasteiger charge is -2.22. The van der Waals surface area contributed by atoms with Crippen LogP contribution in [0, 0.1) is 24.0 Å². The van der Waals surface area contributed by atoms with E-state index in [2.05, 4.69) is 0 Å². The Balaban J connectivity index is 1.88. The summed E-state index contributed by atoms with van der Waals surface area (Å²) in [6.07, 6.45) is 0. The number of rotatable bonds is 5. The van der Waals surface area contributed by atoms with Crippen LogP contribution in [0.3, 0.4) is 0 Å². The van der Waals surface area contributed by atoms with Gasteiger partial charge in [0.05, 0.1) is 16.2 Å². The number of amides is 2. The Morgan fingerprint density at radius 2 is 1.44 bits per heavy atom. The standard InChI is InChI=1S/C25H21N3O4/c1-16-13-17(2)15-21(14-16)27-24(29)22(18-9-11-20(12-10-18)28(31)32)23(25(27)30)26(3)19-7-5-4-6-8-19/h4-15H,1-3H3. The highest BCUT2D eigenvalue weighted by molar-refractivity contribution is 6.46. The van der Waals surface area contributed by atoms with E-state index in [0.717, 1.165) is 16.8 Å². The molecule has 0 saturated carbocycles. The zero-order valence-electron chi connectivity index (χ0n) is 17.9. The molecule has 4 rings (SSSR count). The first-order valence-corrected chi connectivity index (χ1v) is 10.0. The topological polar surface area (TPSA) is 83.8 Å². The molecular formula is C25H21N3O4. The van der Waals surface area contributed by atoms with Crippen LogP contribution < -0.4 is 9.80 Å². The van der Waals surface area contributed by atoms with Crippen LogP contribution in [0.25, 0.3) is 5.57 Å². The number of carbonyl (C=O) groups excluding carboxylic acids is 2. The predicted molar refractivity (Wildman–Crippen MR) is 123 cm³/mol. The van der Waals surface area contributed by atoms with Crippen molar-refractivity contribution in [2.45, 2.75) is 13.8 Å². The molecule has 3 aromatic carbocycles. The average Bonchev–Trinajstić information content (AvgIpc) is 3.03. The summed E-state index contributed by atoms with van der Waals surface area (Å²) in [5, 5.41) is 11.1. The van der Waals surface area contributed by atoms with Crippen molar-refractivity contribution >= 4 is 34.4 Å². The summed E-state index contributed by atoms with van der Waals surface area (Å²) in [4.78, 5) is 40.6. The van der Waals surface area contributed by atoms with Crippen molar-refractivity contribution in [1.82, 2.24) is 0 Å². The maximum Gasteiger partial charge on any atom is 0.282 e. The van der Waals surface area contributed by atoms with Crippen LogP contribution in [0.15, 0.2) is 78.5 Å². The molecule has 0 atom stereocenters. The van der Waals surface area contributed by atoms with E-state index in [1.54, 1.807) is 24.1 Å². The Morgan fingerprint density at radius 3 is 2.00 bits per heavy atom. The molecule has 0 spiro atoms. The first kappa shape index (κ1) is 21.0. The summed E-state index contributed by atoms with van der Waals surface area (Å²) in [6, 6.07) is 20.5. The summed E-state index contributed by atoms with van der Waals surface area (Å²) in [6.45, 7) is 3.81. The molecule has 1 heterocycles. The number of nitrogens with zero attached hydrogens (tertiary/aromatic N) is 3. The van der Waals surface area contributed by atoms with Crippen molar-refractivity contribution in [2.24, 2.45) is 0 Å². The highest BCUT2D eigenvalue weighted by Crippen LogP contribution is 2.37. The molecule has 0 unspecified atom stereocenters. The summed E-state index contributed by atoms with van der Waals surface area (Å²) in [5.74, 6) is -0.911. The average molecular weight is 427 g/mol. The van der Waals surface area contributed by atoms with E-state index in [9.17, 15) is 19.7 Å². The van der Waals surface area contributed by atoms with Gasteiger partial charge >= 0.3 is 0 Å². The molecule has 3 aromatic rings. The maximum absolute atomic E-state index is 13.6. The van der Waals surface area contributed by atoms with Gasteiger partial charge in [-0.05, 0) is 66.9 Å². The number of hydrogen-bond acceptors (Lipinski definition) is 5. The van der Waals surface area contributed by atoms with Gasteiger partial charge in [0.15, 0.2) is 0 Å². The molecular weight excluding hydrogens is 406 g/mol. The summed E-state index contributed by atoms with van der Waals surface area (Å²) in [5.41, 5.74) is 3.88. The molecule has 0 saturated heterocycles. The van der Waals surface area contributed by atoms with Crippen LogP contribution in [-0.2, 0) is 9.59 Å². The van der Waals surface area contributed by atoms with Gasteiger partial charge in [-0.1, -0.05) is 24.3 Å². The minimum Gasteiger partial charge on any atom is -0.339 e. The lowest BCUT2D eigenvalue weighted by molar-refractivity contribution is -0.384. The van der Waals surface area contributed by atoms with E-state index in [1.807, 2.05) is 50.2 Å². The highest BCUT2D eigenvalue weighted by Gasteiger charge is 2.42. The zero-order chi connectivity index (χ0) is 23.0. The van der Waals surface area contributed by atoms with Crippen LogP contribution in [0.5, 0.6) is 0 Å². The van der Waals surface area contributed by atoms with Crippen molar-refractivity contribution in [3.05, 3.63) is 105 Å². The Labute approximate surface area is 185 Å². The van der Waals surface area contributed by atoms with E-state index < -0.39 is 16.7 Å². The van der Waals surface area contributed by atoms with Crippen molar-refractivity contribution in [1.29, 1.82) is 0 Å². The third-order valence-corrected chi connectivity index (χ3v) is 5.37. The van der Waals surface area contributed by atoms with Crippen LogP contribution in [0.4, 0.5) is 17.1 Å². The fourth-order valence-electron chi connectivity index (χ4n) is 3.93. The van der Waals surface area contributed by atoms with Crippen LogP contribution in [0.1, 0.15) is 16.7 Å². The number of aryl methyl sites for hydroxylation is 2.